The first-order chi connectivity index (χ1) is 8.98. The predicted molar refractivity (Wildman–Crippen MR) is 77.4 cm³/mol. The topological polar surface area (TPSA) is 75.4 Å². The van der Waals surface area contributed by atoms with E-state index in [9.17, 15) is 8.42 Å². The van der Waals surface area contributed by atoms with Crippen LogP contribution in [0.15, 0.2) is 0 Å². The Morgan fingerprint density at radius 1 is 1.21 bits per heavy atom. The maximum Gasteiger partial charge on any atom is 0.147 e. The first-order valence-electron chi connectivity index (χ1n) is 7.37. The van der Waals surface area contributed by atoms with Gasteiger partial charge >= 0.3 is 0 Å². The van der Waals surface area contributed by atoms with E-state index in [1.807, 2.05) is 0 Å². The number of hydrogen-bond acceptors (Lipinski definition) is 5. The Hall–Kier alpha value is -0.170. The lowest BCUT2D eigenvalue weighted by Crippen LogP contribution is -2.61. The highest BCUT2D eigenvalue weighted by Crippen LogP contribution is 2.40. The van der Waals surface area contributed by atoms with Gasteiger partial charge in [-0.05, 0) is 45.2 Å². The van der Waals surface area contributed by atoms with E-state index >= 15 is 0 Å². The molecule has 2 fully saturated rings. The minimum atomic E-state index is -2.92. The van der Waals surface area contributed by atoms with Crippen molar-refractivity contribution in [3.63, 3.8) is 0 Å². The second-order valence-corrected chi connectivity index (χ2v) is 8.40. The molecule has 3 N–H and O–H groups in total. The van der Waals surface area contributed by atoms with E-state index < -0.39 is 9.84 Å². The van der Waals surface area contributed by atoms with Gasteiger partial charge in [-0.15, -0.1) is 0 Å². The third-order valence-corrected chi connectivity index (χ3v) is 5.81. The molecule has 0 aromatic carbocycles. The summed E-state index contributed by atoms with van der Waals surface area (Å²) in [5.74, 6) is 5.98. The second kappa shape index (κ2) is 6.08. The lowest BCUT2D eigenvalue weighted by atomic mass is 9.85. The van der Waals surface area contributed by atoms with Gasteiger partial charge in [-0.3, -0.25) is 16.2 Å². The maximum atomic E-state index is 11.4. The molecule has 19 heavy (non-hydrogen) atoms. The van der Waals surface area contributed by atoms with Gasteiger partial charge in [-0.25, -0.2) is 8.42 Å². The van der Waals surface area contributed by atoms with Crippen molar-refractivity contribution >= 4 is 9.84 Å². The number of likely N-dealkylation sites (tertiary alicyclic amines) is 1. The van der Waals surface area contributed by atoms with E-state index in [1.54, 1.807) is 0 Å². The van der Waals surface area contributed by atoms with Crippen molar-refractivity contribution in [2.24, 2.45) is 5.84 Å². The van der Waals surface area contributed by atoms with Crippen molar-refractivity contribution in [2.45, 2.75) is 56.5 Å². The molecule has 0 amide bonds. The van der Waals surface area contributed by atoms with Crippen LogP contribution in [0.1, 0.15) is 44.9 Å². The number of nitrogens with zero attached hydrogens (tertiary/aromatic N) is 1. The summed E-state index contributed by atoms with van der Waals surface area (Å²) in [5, 5.41) is 0. The van der Waals surface area contributed by atoms with Gasteiger partial charge in [0, 0.05) is 17.8 Å². The minimum Gasteiger partial charge on any atom is -0.296 e. The molecule has 0 radical (unpaired) electrons. The van der Waals surface area contributed by atoms with Crippen LogP contribution in [-0.4, -0.2) is 50.0 Å². The number of nitrogens with two attached hydrogens (primary N) is 1. The third-order valence-electron chi connectivity index (χ3n) is 4.83. The molecule has 112 valence electrons. The fourth-order valence-corrected chi connectivity index (χ4v) is 4.54. The van der Waals surface area contributed by atoms with Crippen LogP contribution in [0.4, 0.5) is 0 Å². The summed E-state index contributed by atoms with van der Waals surface area (Å²) in [6.07, 6.45) is 9.18. The molecular weight excluding hydrogens is 262 g/mol. The van der Waals surface area contributed by atoms with E-state index in [1.165, 1.54) is 31.9 Å². The molecule has 1 heterocycles. The van der Waals surface area contributed by atoms with E-state index in [0.717, 1.165) is 25.9 Å². The van der Waals surface area contributed by atoms with E-state index in [0.29, 0.717) is 6.42 Å². The Kier molecular flexibility index (Phi) is 4.87. The van der Waals surface area contributed by atoms with Crippen molar-refractivity contribution in [1.29, 1.82) is 0 Å². The van der Waals surface area contributed by atoms with Gasteiger partial charge in [-0.2, -0.15) is 0 Å². The van der Waals surface area contributed by atoms with Crippen LogP contribution in [0, 0.1) is 0 Å². The summed E-state index contributed by atoms with van der Waals surface area (Å²) in [4.78, 5) is 2.56. The third kappa shape index (κ3) is 3.48. The van der Waals surface area contributed by atoms with E-state index in [4.69, 9.17) is 5.84 Å². The minimum absolute atomic E-state index is 0.0859. The molecule has 1 unspecified atom stereocenters. The number of nitrogens with one attached hydrogen (secondary N) is 1. The summed E-state index contributed by atoms with van der Waals surface area (Å²) in [6.45, 7) is 2.27. The normalized spacial score (nSPS) is 25.8. The fraction of sp³-hybridized carbons (Fsp3) is 1.00. The number of hydrogen-bond donors (Lipinski definition) is 2. The second-order valence-electron chi connectivity index (χ2n) is 6.14. The molecule has 1 aliphatic heterocycles. The zero-order chi connectivity index (χ0) is 13.9. The maximum absolute atomic E-state index is 11.4. The van der Waals surface area contributed by atoms with Crippen molar-refractivity contribution in [3.8, 4) is 0 Å². The molecule has 1 saturated heterocycles. The molecule has 1 saturated carbocycles. The van der Waals surface area contributed by atoms with Crippen molar-refractivity contribution in [2.75, 3.05) is 25.1 Å². The lowest BCUT2D eigenvalue weighted by molar-refractivity contribution is 0.0753. The Morgan fingerprint density at radius 2 is 1.79 bits per heavy atom. The average molecular weight is 289 g/mol. The Bertz CT molecular complexity index is 385. The molecule has 0 aromatic heterocycles. The van der Waals surface area contributed by atoms with Crippen LogP contribution < -0.4 is 11.3 Å². The summed E-state index contributed by atoms with van der Waals surface area (Å²) in [6, 6.07) is 0.0859. The summed E-state index contributed by atoms with van der Waals surface area (Å²) in [7, 11) is -2.92. The highest BCUT2D eigenvalue weighted by Gasteiger charge is 2.46. The zero-order valence-corrected chi connectivity index (χ0v) is 12.7. The van der Waals surface area contributed by atoms with E-state index in [-0.39, 0.29) is 17.3 Å². The van der Waals surface area contributed by atoms with Crippen LogP contribution in [0.5, 0.6) is 0 Å². The molecule has 1 atom stereocenters. The molecule has 0 spiro atoms. The average Bonchev–Trinajstić information content (AvgIpc) is 2.99. The Balaban J connectivity index is 2.11. The molecule has 6 heteroatoms. The Labute approximate surface area is 116 Å². The fourth-order valence-electron chi connectivity index (χ4n) is 3.87. The van der Waals surface area contributed by atoms with Gasteiger partial charge in [0.15, 0.2) is 0 Å². The molecule has 2 rings (SSSR count). The molecular formula is C13H27N3O2S. The highest BCUT2D eigenvalue weighted by molar-refractivity contribution is 7.90. The number of sulfone groups is 1. The first-order valence-corrected chi connectivity index (χ1v) is 9.43. The van der Waals surface area contributed by atoms with Gasteiger partial charge < -0.3 is 0 Å². The number of rotatable bonds is 6. The monoisotopic (exact) mass is 289 g/mol. The van der Waals surface area contributed by atoms with Gasteiger partial charge in [0.2, 0.25) is 0 Å². The smallest absolute Gasteiger partial charge is 0.147 e. The van der Waals surface area contributed by atoms with Crippen molar-refractivity contribution in [3.05, 3.63) is 0 Å². The van der Waals surface area contributed by atoms with Gasteiger partial charge in [-0.1, -0.05) is 12.8 Å². The number of hydrazine groups is 1. The van der Waals surface area contributed by atoms with Gasteiger partial charge in [0.25, 0.3) is 0 Å². The lowest BCUT2D eigenvalue weighted by Gasteiger charge is -2.45. The standard InChI is InChI=1S/C13H27N3O2S/c1-19(17,18)11-6-12(15-14)13(7-2-3-8-13)16-9-4-5-10-16/h12,15H,2-11,14H2,1H3. The largest absolute Gasteiger partial charge is 0.296 e. The van der Waals surface area contributed by atoms with Crippen LogP contribution >= 0.6 is 0 Å². The molecule has 5 nitrogen and oxygen atoms in total. The summed E-state index contributed by atoms with van der Waals surface area (Å²) < 4.78 is 22.8. The summed E-state index contributed by atoms with van der Waals surface area (Å²) in [5.41, 5.74) is 3.02. The van der Waals surface area contributed by atoms with Crippen molar-refractivity contribution in [1.82, 2.24) is 10.3 Å². The first kappa shape index (κ1) is 15.2. The van der Waals surface area contributed by atoms with Gasteiger partial charge in [0.05, 0.1) is 5.75 Å². The van der Waals surface area contributed by atoms with Crippen LogP contribution in [-0.2, 0) is 9.84 Å². The highest BCUT2D eigenvalue weighted by atomic mass is 32.2. The van der Waals surface area contributed by atoms with Crippen LogP contribution in [0.2, 0.25) is 0 Å². The summed E-state index contributed by atoms with van der Waals surface area (Å²) >= 11 is 0. The quantitative estimate of drug-likeness (QED) is 0.555. The van der Waals surface area contributed by atoms with Crippen LogP contribution in [0.3, 0.4) is 0 Å². The van der Waals surface area contributed by atoms with Crippen molar-refractivity contribution < 1.29 is 8.42 Å². The zero-order valence-electron chi connectivity index (χ0n) is 11.9. The molecule has 1 aliphatic carbocycles. The van der Waals surface area contributed by atoms with Crippen LogP contribution in [0.25, 0.3) is 0 Å². The Morgan fingerprint density at radius 3 is 2.26 bits per heavy atom. The predicted octanol–water partition coefficient (Wildman–Crippen LogP) is 0.662. The van der Waals surface area contributed by atoms with Gasteiger partial charge in [0.1, 0.15) is 9.84 Å². The molecule has 2 aliphatic rings. The van der Waals surface area contributed by atoms with E-state index in [2.05, 4.69) is 10.3 Å². The SMILES string of the molecule is CS(=O)(=O)CCC(NN)C1(N2CCCC2)CCCC1. The molecule has 0 aromatic rings. The molecule has 0 bridgehead atoms.